The van der Waals surface area contributed by atoms with Crippen LogP contribution in [0.15, 0.2) is 0 Å². The van der Waals surface area contributed by atoms with Crippen LogP contribution in [0.25, 0.3) is 0 Å². The fourth-order valence-corrected chi connectivity index (χ4v) is 2.26. The van der Waals surface area contributed by atoms with E-state index in [4.69, 9.17) is 4.74 Å². The first kappa shape index (κ1) is 15.3. The molecule has 0 saturated heterocycles. The highest BCUT2D eigenvalue weighted by Gasteiger charge is 2.23. The summed E-state index contributed by atoms with van der Waals surface area (Å²) in [5, 5.41) is -0.204. The monoisotopic (exact) mass is 248 g/mol. The van der Waals surface area contributed by atoms with E-state index in [0.29, 0.717) is 18.8 Å². The standard InChI is InChI=1S/C11H20O4S/c1-5-15-11(13)10(8(2)3)16-7-6-9(12)14-4/h8,10H,5-7H2,1-4H3. The predicted molar refractivity (Wildman–Crippen MR) is 64.4 cm³/mol. The van der Waals surface area contributed by atoms with Crippen LogP contribution in [0.1, 0.15) is 27.2 Å². The Kier molecular flexibility index (Phi) is 8.07. The van der Waals surface area contributed by atoms with E-state index in [0.717, 1.165) is 0 Å². The van der Waals surface area contributed by atoms with Crippen LogP contribution in [-0.2, 0) is 19.1 Å². The lowest BCUT2D eigenvalue weighted by Crippen LogP contribution is -2.26. The van der Waals surface area contributed by atoms with Crippen molar-refractivity contribution < 1.29 is 19.1 Å². The van der Waals surface area contributed by atoms with Gasteiger partial charge in [0.2, 0.25) is 0 Å². The number of ether oxygens (including phenoxy) is 2. The van der Waals surface area contributed by atoms with Gasteiger partial charge in [-0.25, -0.2) is 0 Å². The summed E-state index contributed by atoms with van der Waals surface area (Å²) < 4.78 is 9.51. The number of carbonyl (C=O) groups excluding carboxylic acids is 2. The molecule has 0 heterocycles. The number of esters is 2. The minimum Gasteiger partial charge on any atom is -0.469 e. The molecule has 0 aromatic rings. The van der Waals surface area contributed by atoms with E-state index in [1.165, 1.54) is 18.9 Å². The average molecular weight is 248 g/mol. The Bertz CT molecular complexity index is 228. The molecular weight excluding hydrogens is 228 g/mol. The summed E-state index contributed by atoms with van der Waals surface area (Å²) in [7, 11) is 1.36. The molecule has 0 radical (unpaired) electrons. The van der Waals surface area contributed by atoms with E-state index in [2.05, 4.69) is 4.74 Å². The summed E-state index contributed by atoms with van der Waals surface area (Å²) in [4.78, 5) is 22.5. The first-order valence-corrected chi connectivity index (χ1v) is 6.42. The topological polar surface area (TPSA) is 52.6 Å². The molecule has 94 valence electrons. The van der Waals surface area contributed by atoms with Crippen LogP contribution >= 0.6 is 11.8 Å². The molecule has 0 aliphatic rings. The van der Waals surface area contributed by atoms with Gasteiger partial charge in [0.05, 0.1) is 20.1 Å². The summed E-state index contributed by atoms with van der Waals surface area (Å²) in [6, 6.07) is 0. The number of carbonyl (C=O) groups is 2. The predicted octanol–water partition coefficient (Wildman–Crippen LogP) is 1.87. The molecule has 0 spiro atoms. The lowest BCUT2D eigenvalue weighted by molar-refractivity contribution is -0.143. The van der Waals surface area contributed by atoms with E-state index >= 15 is 0 Å². The largest absolute Gasteiger partial charge is 0.469 e. The van der Waals surface area contributed by atoms with Crippen LogP contribution in [0.2, 0.25) is 0 Å². The van der Waals surface area contributed by atoms with Crippen LogP contribution in [0, 0.1) is 5.92 Å². The second-order valence-electron chi connectivity index (χ2n) is 3.61. The molecule has 0 amide bonds. The molecule has 1 unspecified atom stereocenters. The Morgan fingerprint density at radius 2 is 1.94 bits per heavy atom. The zero-order chi connectivity index (χ0) is 12.6. The second-order valence-corrected chi connectivity index (χ2v) is 4.86. The maximum atomic E-state index is 11.6. The zero-order valence-corrected chi connectivity index (χ0v) is 11.1. The molecule has 0 saturated carbocycles. The van der Waals surface area contributed by atoms with Crippen molar-refractivity contribution in [1.29, 1.82) is 0 Å². The Balaban J connectivity index is 4.04. The fraction of sp³-hybridized carbons (Fsp3) is 0.818. The van der Waals surface area contributed by atoms with Gasteiger partial charge in [0.25, 0.3) is 0 Å². The molecule has 0 N–H and O–H groups in total. The summed E-state index contributed by atoms with van der Waals surface area (Å²) >= 11 is 1.45. The van der Waals surface area contributed by atoms with Crippen molar-refractivity contribution in [2.75, 3.05) is 19.5 Å². The maximum absolute atomic E-state index is 11.6. The van der Waals surface area contributed by atoms with Gasteiger partial charge in [-0.2, -0.15) is 0 Å². The van der Waals surface area contributed by atoms with Crippen LogP contribution in [-0.4, -0.2) is 36.7 Å². The Labute approximate surface area is 101 Å². The first-order valence-electron chi connectivity index (χ1n) is 5.38. The highest BCUT2D eigenvalue weighted by atomic mass is 32.2. The number of thioether (sulfide) groups is 1. The smallest absolute Gasteiger partial charge is 0.319 e. The van der Waals surface area contributed by atoms with Gasteiger partial charge in [0.15, 0.2) is 0 Å². The molecule has 0 aromatic heterocycles. The molecule has 0 aliphatic carbocycles. The Hall–Kier alpha value is -0.710. The molecule has 0 rings (SSSR count). The number of hydrogen-bond donors (Lipinski definition) is 0. The molecule has 16 heavy (non-hydrogen) atoms. The summed E-state index contributed by atoms with van der Waals surface area (Å²) in [5.41, 5.74) is 0. The zero-order valence-electron chi connectivity index (χ0n) is 10.3. The molecular formula is C11H20O4S. The second kappa shape index (κ2) is 8.44. The first-order chi connectivity index (χ1) is 7.52. The lowest BCUT2D eigenvalue weighted by atomic mass is 10.1. The number of rotatable bonds is 7. The Morgan fingerprint density at radius 3 is 2.38 bits per heavy atom. The van der Waals surface area contributed by atoms with Crippen LogP contribution < -0.4 is 0 Å². The van der Waals surface area contributed by atoms with Crippen molar-refractivity contribution in [3.05, 3.63) is 0 Å². The molecule has 1 atom stereocenters. The third kappa shape index (κ3) is 6.00. The van der Waals surface area contributed by atoms with Gasteiger partial charge >= 0.3 is 11.9 Å². The van der Waals surface area contributed by atoms with E-state index in [-0.39, 0.29) is 23.1 Å². The van der Waals surface area contributed by atoms with Crippen molar-refractivity contribution in [2.24, 2.45) is 5.92 Å². The molecule has 4 nitrogen and oxygen atoms in total. The van der Waals surface area contributed by atoms with Gasteiger partial charge in [0, 0.05) is 5.75 Å². The number of hydrogen-bond acceptors (Lipinski definition) is 5. The van der Waals surface area contributed by atoms with Gasteiger partial charge in [0.1, 0.15) is 5.25 Å². The summed E-state index contributed by atoms with van der Waals surface area (Å²) in [5.74, 6) is 0.321. The van der Waals surface area contributed by atoms with E-state index in [1.54, 1.807) is 6.92 Å². The van der Waals surface area contributed by atoms with Crippen molar-refractivity contribution in [2.45, 2.75) is 32.4 Å². The van der Waals surface area contributed by atoms with Crippen molar-refractivity contribution in [1.82, 2.24) is 0 Å². The minimum absolute atomic E-state index is 0.196. The van der Waals surface area contributed by atoms with Crippen LogP contribution in [0.5, 0.6) is 0 Å². The van der Waals surface area contributed by atoms with Crippen molar-refractivity contribution in [3.63, 3.8) is 0 Å². The lowest BCUT2D eigenvalue weighted by Gasteiger charge is -2.18. The highest BCUT2D eigenvalue weighted by molar-refractivity contribution is 8.00. The van der Waals surface area contributed by atoms with Gasteiger partial charge in [-0.05, 0) is 12.8 Å². The molecule has 5 heteroatoms. The SMILES string of the molecule is CCOC(=O)C(SCCC(=O)OC)C(C)C. The summed E-state index contributed by atoms with van der Waals surface area (Å²) in [6.45, 7) is 6.10. The van der Waals surface area contributed by atoms with Crippen molar-refractivity contribution in [3.8, 4) is 0 Å². The number of methoxy groups -OCH3 is 1. The van der Waals surface area contributed by atoms with Gasteiger partial charge in [-0.1, -0.05) is 13.8 Å². The van der Waals surface area contributed by atoms with Crippen molar-refractivity contribution >= 4 is 23.7 Å². The fourth-order valence-electron chi connectivity index (χ4n) is 1.13. The van der Waals surface area contributed by atoms with Crippen LogP contribution in [0.3, 0.4) is 0 Å². The maximum Gasteiger partial charge on any atom is 0.319 e. The van der Waals surface area contributed by atoms with Crippen LogP contribution in [0.4, 0.5) is 0 Å². The third-order valence-corrected chi connectivity index (χ3v) is 3.49. The molecule has 0 aromatic carbocycles. The molecule has 0 aliphatic heterocycles. The van der Waals surface area contributed by atoms with Gasteiger partial charge in [-0.15, -0.1) is 11.8 Å². The molecule has 0 bridgehead atoms. The quantitative estimate of drug-likeness (QED) is 0.644. The molecule has 0 fully saturated rings. The van der Waals surface area contributed by atoms with Gasteiger partial charge < -0.3 is 9.47 Å². The summed E-state index contributed by atoms with van der Waals surface area (Å²) in [6.07, 6.45) is 0.323. The minimum atomic E-state index is -0.251. The Morgan fingerprint density at radius 1 is 1.31 bits per heavy atom. The van der Waals surface area contributed by atoms with E-state index in [1.807, 2.05) is 13.8 Å². The van der Waals surface area contributed by atoms with E-state index < -0.39 is 0 Å². The third-order valence-electron chi connectivity index (χ3n) is 1.96. The van der Waals surface area contributed by atoms with Gasteiger partial charge in [-0.3, -0.25) is 9.59 Å². The highest BCUT2D eigenvalue weighted by Crippen LogP contribution is 2.21. The average Bonchev–Trinajstić information content (AvgIpc) is 2.23. The normalized spacial score (nSPS) is 12.3. The van der Waals surface area contributed by atoms with E-state index in [9.17, 15) is 9.59 Å².